The van der Waals surface area contributed by atoms with Crippen LogP contribution in [0.4, 0.5) is 5.82 Å². The lowest BCUT2D eigenvalue weighted by Crippen LogP contribution is -2.18. The monoisotopic (exact) mass is 490 g/mol. The lowest BCUT2D eigenvalue weighted by Gasteiger charge is -2.13. The van der Waals surface area contributed by atoms with Crippen LogP contribution in [0.3, 0.4) is 0 Å². The highest BCUT2D eigenvalue weighted by Gasteiger charge is 2.32. The van der Waals surface area contributed by atoms with Gasteiger partial charge in [0.25, 0.3) is 0 Å². The zero-order valence-electron chi connectivity index (χ0n) is 19.3. The van der Waals surface area contributed by atoms with E-state index in [1.165, 1.54) is 4.88 Å². The molecule has 1 aliphatic heterocycles. The van der Waals surface area contributed by atoms with Crippen LogP contribution < -0.4 is 5.32 Å². The van der Waals surface area contributed by atoms with Gasteiger partial charge in [-0.15, -0.1) is 21.5 Å². The topological polar surface area (TPSA) is 85.1 Å². The summed E-state index contributed by atoms with van der Waals surface area (Å²) in [6.07, 6.45) is 1.79. The number of carbonyl (C=O) groups is 1. The summed E-state index contributed by atoms with van der Waals surface area (Å²) >= 11 is 7.85. The van der Waals surface area contributed by atoms with E-state index in [1.54, 1.807) is 17.5 Å². The largest absolute Gasteiger partial charge is 0.311 e. The molecule has 1 aromatic carbocycles. The highest BCUT2D eigenvalue weighted by Crippen LogP contribution is 2.39. The normalized spacial score (nSPS) is 14.7. The number of aryl methyl sites for hydroxylation is 3. The molecule has 3 aromatic heterocycles. The molecule has 1 aliphatic rings. The third-order valence-corrected chi connectivity index (χ3v) is 7.36. The van der Waals surface area contributed by atoms with Crippen LogP contribution in [-0.2, 0) is 4.79 Å². The number of benzene rings is 1. The Labute approximate surface area is 206 Å². The third-order valence-electron chi connectivity index (χ3n) is 5.92. The molecule has 0 saturated heterocycles. The van der Waals surface area contributed by atoms with Gasteiger partial charge in [-0.3, -0.25) is 14.4 Å². The molecule has 34 heavy (non-hydrogen) atoms. The number of fused-ring (bicyclic) bond motifs is 3. The summed E-state index contributed by atoms with van der Waals surface area (Å²) in [6, 6.07) is 10.8. The van der Waals surface area contributed by atoms with Gasteiger partial charge in [0.1, 0.15) is 22.7 Å². The molecule has 0 radical (unpaired) electrons. The van der Waals surface area contributed by atoms with E-state index in [2.05, 4.69) is 34.3 Å². The molecular weight excluding hydrogens is 468 g/mol. The lowest BCUT2D eigenvalue weighted by atomic mass is 9.99. The van der Waals surface area contributed by atoms with Crippen LogP contribution in [0.15, 0.2) is 47.6 Å². The lowest BCUT2D eigenvalue weighted by molar-refractivity contribution is -0.116. The summed E-state index contributed by atoms with van der Waals surface area (Å²) in [5, 5.41) is 13.3. The quantitative estimate of drug-likeness (QED) is 0.407. The van der Waals surface area contributed by atoms with Gasteiger partial charge in [0.15, 0.2) is 5.82 Å². The number of rotatable bonds is 4. The van der Waals surface area contributed by atoms with Gasteiger partial charge in [-0.2, -0.15) is 0 Å². The summed E-state index contributed by atoms with van der Waals surface area (Å²) in [4.78, 5) is 23.6. The van der Waals surface area contributed by atoms with Crippen molar-refractivity contribution in [2.24, 2.45) is 4.99 Å². The van der Waals surface area contributed by atoms with Crippen LogP contribution in [0.2, 0.25) is 5.02 Å². The molecule has 4 aromatic rings. The van der Waals surface area contributed by atoms with Crippen LogP contribution in [0.25, 0.3) is 5.00 Å². The zero-order chi connectivity index (χ0) is 24.0. The maximum Gasteiger partial charge on any atom is 0.228 e. The molecule has 1 atom stereocenters. The van der Waals surface area contributed by atoms with Crippen molar-refractivity contribution in [1.29, 1.82) is 0 Å². The van der Waals surface area contributed by atoms with E-state index in [9.17, 15) is 4.79 Å². The molecule has 0 aliphatic carbocycles. The fourth-order valence-corrected chi connectivity index (χ4v) is 5.45. The van der Waals surface area contributed by atoms with E-state index < -0.39 is 6.04 Å². The molecule has 7 nitrogen and oxygen atoms in total. The average Bonchev–Trinajstić information content (AvgIpc) is 3.27. The molecule has 0 bridgehead atoms. The first-order valence-electron chi connectivity index (χ1n) is 10.9. The Morgan fingerprint density at radius 3 is 2.62 bits per heavy atom. The first-order chi connectivity index (χ1) is 16.3. The number of thiophene rings is 1. The molecule has 9 heteroatoms. The van der Waals surface area contributed by atoms with E-state index >= 15 is 0 Å². The molecular formula is C25H23ClN6OS. The summed E-state index contributed by atoms with van der Waals surface area (Å²) < 4.78 is 2.04. The van der Waals surface area contributed by atoms with E-state index in [0.29, 0.717) is 16.7 Å². The van der Waals surface area contributed by atoms with Crippen LogP contribution >= 0.6 is 22.9 Å². The highest BCUT2D eigenvalue weighted by molar-refractivity contribution is 7.15. The van der Waals surface area contributed by atoms with Crippen molar-refractivity contribution in [3.05, 3.63) is 86.4 Å². The number of amides is 1. The second-order valence-corrected chi connectivity index (χ2v) is 10.0. The molecule has 4 heterocycles. The number of halogens is 1. The Morgan fingerprint density at radius 1 is 1.12 bits per heavy atom. The van der Waals surface area contributed by atoms with Crippen LogP contribution in [0.1, 0.15) is 51.2 Å². The number of aromatic nitrogens is 4. The molecule has 1 amide bonds. The number of carbonyl (C=O) groups excluding carboxylic acids is 1. The van der Waals surface area contributed by atoms with E-state index in [-0.39, 0.29) is 12.3 Å². The van der Waals surface area contributed by atoms with Gasteiger partial charge < -0.3 is 5.32 Å². The van der Waals surface area contributed by atoms with Crippen molar-refractivity contribution >= 4 is 40.4 Å². The summed E-state index contributed by atoms with van der Waals surface area (Å²) in [7, 11) is 0. The minimum absolute atomic E-state index is 0.109. The van der Waals surface area contributed by atoms with Gasteiger partial charge in [0.05, 0.1) is 12.1 Å². The van der Waals surface area contributed by atoms with Crippen molar-refractivity contribution in [2.45, 2.75) is 40.2 Å². The number of hydrogen-bond donors (Lipinski definition) is 1. The van der Waals surface area contributed by atoms with Crippen LogP contribution in [0, 0.1) is 27.7 Å². The summed E-state index contributed by atoms with van der Waals surface area (Å²) in [6.45, 7) is 8.09. The van der Waals surface area contributed by atoms with Gasteiger partial charge in [-0.25, -0.2) is 4.98 Å². The van der Waals surface area contributed by atoms with Crippen molar-refractivity contribution in [1.82, 2.24) is 19.7 Å². The van der Waals surface area contributed by atoms with Crippen LogP contribution in [-0.4, -0.2) is 31.4 Å². The van der Waals surface area contributed by atoms with Crippen molar-refractivity contribution in [2.75, 3.05) is 5.32 Å². The van der Waals surface area contributed by atoms with Crippen LogP contribution in [0.5, 0.6) is 0 Å². The Bertz CT molecular complexity index is 1440. The number of nitrogens with one attached hydrogen (secondary N) is 1. The molecule has 0 saturated carbocycles. The minimum atomic E-state index is -0.518. The highest BCUT2D eigenvalue weighted by atomic mass is 35.5. The van der Waals surface area contributed by atoms with Gasteiger partial charge in [-0.05, 0) is 63.1 Å². The molecule has 5 rings (SSSR count). The molecule has 0 spiro atoms. The maximum atomic E-state index is 13.0. The average molecular weight is 491 g/mol. The SMILES string of the molecule is Cc1ccnc(NC(=O)CC2N=C(c3ccc(Cl)cc3)c3c(sc(C)c3C)-n3c(C)nnc32)c1. The second kappa shape index (κ2) is 8.77. The molecule has 172 valence electrons. The van der Waals surface area contributed by atoms with Crippen molar-refractivity contribution in [3.63, 3.8) is 0 Å². The molecule has 1 N–H and O–H groups in total. The second-order valence-electron chi connectivity index (χ2n) is 8.38. The van der Waals surface area contributed by atoms with Gasteiger partial charge in [0, 0.05) is 27.2 Å². The van der Waals surface area contributed by atoms with E-state index in [0.717, 1.165) is 38.8 Å². The number of nitrogens with zero attached hydrogens (tertiary/aromatic N) is 5. The number of pyridine rings is 1. The number of hydrogen-bond acceptors (Lipinski definition) is 6. The summed E-state index contributed by atoms with van der Waals surface area (Å²) in [5.41, 5.74) is 4.98. The number of aliphatic imine (C=N–C) groups is 1. The molecule has 0 fully saturated rings. The Balaban J connectivity index is 1.62. The molecule has 1 unspecified atom stereocenters. The first kappa shape index (κ1) is 22.4. The van der Waals surface area contributed by atoms with E-state index in [4.69, 9.17) is 16.6 Å². The van der Waals surface area contributed by atoms with Gasteiger partial charge >= 0.3 is 0 Å². The fraction of sp³-hybridized carbons (Fsp3) is 0.240. The smallest absolute Gasteiger partial charge is 0.228 e. The summed E-state index contributed by atoms with van der Waals surface area (Å²) in [5.74, 6) is 1.74. The number of anilines is 1. The van der Waals surface area contributed by atoms with Gasteiger partial charge in [-0.1, -0.05) is 23.7 Å². The maximum absolute atomic E-state index is 13.0. The van der Waals surface area contributed by atoms with Crippen molar-refractivity contribution < 1.29 is 4.79 Å². The predicted octanol–water partition coefficient (Wildman–Crippen LogP) is 5.53. The standard InChI is InChI=1S/C25H23ClN6OS/c1-13-9-10-27-20(11-13)29-21(33)12-19-24-31-30-16(4)32(24)25-22(14(2)15(3)34-25)23(28-19)17-5-7-18(26)8-6-17/h5-11,19H,12H2,1-4H3,(H,27,29,33). The van der Waals surface area contributed by atoms with Gasteiger partial charge in [0.2, 0.25) is 5.91 Å². The Morgan fingerprint density at radius 2 is 1.88 bits per heavy atom. The van der Waals surface area contributed by atoms with Crippen molar-refractivity contribution in [3.8, 4) is 5.00 Å². The fourth-order valence-electron chi connectivity index (χ4n) is 4.11. The third kappa shape index (κ3) is 4.03. The minimum Gasteiger partial charge on any atom is -0.311 e. The Kier molecular flexibility index (Phi) is 5.79. The zero-order valence-corrected chi connectivity index (χ0v) is 20.8. The predicted molar refractivity (Wildman–Crippen MR) is 135 cm³/mol. The Hall–Kier alpha value is -3.36. The first-order valence-corrected chi connectivity index (χ1v) is 12.1. The van der Waals surface area contributed by atoms with E-state index in [1.807, 2.05) is 54.8 Å².